The highest BCUT2D eigenvalue weighted by atomic mass is 32.2. The van der Waals surface area contributed by atoms with Gasteiger partial charge < -0.3 is 5.73 Å². The van der Waals surface area contributed by atoms with Gasteiger partial charge in [0, 0.05) is 22.4 Å². The number of nitrogen functional groups attached to an aromatic ring is 1. The molecule has 3 N–H and O–H groups in total. The van der Waals surface area contributed by atoms with Crippen molar-refractivity contribution < 1.29 is 8.42 Å². The van der Waals surface area contributed by atoms with Crippen molar-refractivity contribution in [2.24, 2.45) is 0 Å². The molecule has 1 saturated carbocycles. The summed E-state index contributed by atoms with van der Waals surface area (Å²) in [6.45, 7) is 0.508. The summed E-state index contributed by atoms with van der Waals surface area (Å²) < 4.78 is 27.3. The van der Waals surface area contributed by atoms with Crippen molar-refractivity contribution in [3.8, 4) is 0 Å². The lowest BCUT2D eigenvalue weighted by molar-refractivity contribution is 0.552. The van der Waals surface area contributed by atoms with E-state index in [0.29, 0.717) is 16.4 Å². The lowest BCUT2D eigenvalue weighted by Crippen LogP contribution is -2.38. The average Bonchev–Trinajstić information content (AvgIpc) is 2.96. The monoisotopic (exact) mass is 306 g/mol. The highest BCUT2D eigenvalue weighted by molar-refractivity contribution is 8.00. The number of anilines is 1. The van der Waals surface area contributed by atoms with Crippen LogP contribution in [0, 0.1) is 0 Å². The summed E-state index contributed by atoms with van der Waals surface area (Å²) in [6.07, 6.45) is 6.61. The first kappa shape index (κ1) is 14.2. The van der Waals surface area contributed by atoms with Gasteiger partial charge in [0.1, 0.15) is 4.21 Å². The minimum absolute atomic E-state index is 0.0792. The Morgan fingerprint density at radius 3 is 2.67 bits per heavy atom. The molecule has 0 bridgehead atoms. The van der Waals surface area contributed by atoms with Gasteiger partial charge >= 0.3 is 0 Å². The van der Waals surface area contributed by atoms with Crippen LogP contribution in [0.4, 0.5) is 5.69 Å². The van der Waals surface area contributed by atoms with Crippen LogP contribution in [0.15, 0.2) is 15.7 Å². The van der Waals surface area contributed by atoms with E-state index >= 15 is 0 Å². The lowest BCUT2D eigenvalue weighted by atomic mass is 10.1. The van der Waals surface area contributed by atoms with Gasteiger partial charge in [0.25, 0.3) is 0 Å². The van der Waals surface area contributed by atoms with E-state index < -0.39 is 10.0 Å². The van der Waals surface area contributed by atoms with E-state index in [4.69, 9.17) is 5.73 Å². The van der Waals surface area contributed by atoms with E-state index in [1.165, 1.54) is 18.9 Å². The van der Waals surface area contributed by atoms with Gasteiger partial charge in [0.2, 0.25) is 10.0 Å². The molecule has 4 nitrogen and oxygen atoms in total. The van der Waals surface area contributed by atoms with E-state index in [9.17, 15) is 8.42 Å². The number of nitrogens with one attached hydrogen (secondary N) is 1. The molecule has 0 amide bonds. The van der Waals surface area contributed by atoms with Gasteiger partial charge in [0.15, 0.2) is 0 Å². The Balaban J connectivity index is 2.05. The second-order valence-corrected chi connectivity index (χ2v) is 8.80. The van der Waals surface area contributed by atoms with Gasteiger partial charge in [-0.3, -0.25) is 0 Å². The molecule has 0 radical (unpaired) electrons. The van der Waals surface area contributed by atoms with Gasteiger partial charge in [-0.15, -0.1) is 11.3 Å². The number of hydrogen-bond acceptors (Lipinski definition) is 5. The van der Waals surface area contributed by atoms with E-state index in [1.807, 2.05) is 0 Å². The molecule has 1 fully saturated rings. The Bertz CT molecular complexity index is 504. The van der Waals surface area contributed by atoms with E-state index in [0.717, 1.165) is 24.2 Å². The van der Waals surface area contributed by atoms with Crippen LogP contribution in [0.2, 0.25) is 0 Å². The van der Waals surface area contributed by atoms with E-state index in [2.05, 4.69) is 11.0 Å². The van der Waals surface area contributed by atoms with Crippen LogP contribution in [-0.4, -0.2) is 26.0 Å². The molecule has 1 heterocycles. The molecule has 0 aromatic carbocycles. The summed E-state index contributed by atoms with van der Waals surface area (Å²) >= 11 is 2.94. The van der Waals surface area contributed by atoms with Crippen molar-refractivity contribution in [3.63, 3.8) is 0 Å². The normalized spacial score (nSPS) is 19.2. The van der Waals surface area contributed by atoms with Gasteiger partial charge in [-0.1, -0.05) is 12.8 Å². The zero-order valence-corrected chi connectivity index (χ0v) is 12.8. The van der Waals surface area contributed by atoms with Crippen LogP contribution in [0.3, 0.4) is 0 Å². The van der Waals surface area contributed by atoms with Crippen molar-refractivity contribution in [1.82, 2.24) is 4.72 Å². The Morgan fingerprint density at radius 1 is 1.50 bits per heavy atom. The molecule has 1 aliphatic carbocycles. The van der Waals surface area contributed by atoms with Crippen molar-refractivity contribution in [2.45, 2.75) is 34.6 Å². The van der Waals surface area contributed by atoms with Crippen LogP contribution in [0.1, 0.15) is 25.7 Å². The molecule has 0 atom stereocenters. The van der Waals surface area contributed by atoms with Crippen molar-refractivity contribution >= 4 is 38.8 Å². The highest BCUT2D eigenvalue weighted by Crippen LogP contribution is 2.39. The third-order valence-corrected chi connectivity index (χ3v) is 7.67. The summed E-state index contributed by atoms with van der Waals surface area (Å²) in [7, 11) is -3.40. The molecule has 0 spiro atoms. The first-order chi connectivity index (χ1) is 8.47. The van der Waals surface area contributed by atoms with Crippen molar-refractivity contribution in [1.29, 1.82) is 0 Å². The quantitative estimate of drug-likeness (QED) is 0.875. The molecule has 0 aliphatic heterocycles. The summed E-state index contributed by atoms with van der Waals surface area (Å²) in [5.41, 5.74) is 6.06. The molecule has 1 aliphatic rings. The van der Waals surface area contributed by atoms with Crippen LogP contribution >= 0.6 is 23.1 Å². The Morgan fingerprint density at radius 2 is 2.17 bits per heavy atom. The fourth-order valence-corrected chi connectivity index (χ4v) is 5.50. The van der Waals surface area contributed by atoms with Gasteiger partial charge in [0.05, 0.1) is 0 Å². The van der Waals surface area contributed by atoms with Crippen LogP contribution < -0.4 is 10.5 Å². The largest absolute Gasteiger partial charge is 0.398 e. The smallest absolute Gasteiger partial charge is 0.250 e. The lowest BCUT2D eigenvalue weighted by Gasteiger charge is -2.26. The minimum Gasteiger partial charge on any atom is -0.398 e. The summed E-state index contributed by atoms with van der Waals surface area (Å²) in [5.74, 6) is 0. The maximum atomic E-state index is 12.1. The minimum atomic E-state index is -3.40. The SMILES string of the molecule is CSC1(CNS(=O)(=O)c2cc(N)cs2)CCCC1. The fourth-order valence-electron chi connectivity index (χ4n) is 2.24. The second kappa shape index (κ2) is 5.40. The standard InChI is InChI=1S/C11H18N2O2S3/c1-16-11(4-2-3-5-11)8-13-18(14,15)10-6-9(12)7-17-10/h6-7,13H,2-5,8,12H2,1H3. The molecule has 7 heteroatoms. The number of thioether (sulfide) groups is 1. The maximum absolute atomic E-state index is 12.1. The topological polar surface area (TPSA) is 72.2 Å². The van der Waals surface area contributed by atoms with Crippen molar-refractivity contribution in [2.75, 3.05) is 18.5 Å². The van der Waals surface area contributed by atoms with Crippen LogP contribution in [0.25, 0.3) is 0 Å². The summed E-state index contributed by atoms with van der Waals surface area (Å²) in [5, 5.41) is 1.65. The molecular weight excluding hydrogens is 288 g/mol. The fraction of sp³-hybridized carbons (Fsp3) is 0.636. The Kier molecular flexibility index (Phi) is 4.25. The molecule has 18 heavy (non-hydrogen) atoms. The van der Waals surface area contributed by atoms with Gasteiger partial charge in [-0.05, 0) is 25.2 Å². The number of nitrogens with two attached hydrogens (primary N) is 1. The summed E-state index contributed by atoms with van der Waals surface area (Å²) in [6, 6.07) is 1.51. The zero-order chi connectivity index (χ0) is 13.2. The number of thiophene rings is 1. The Labute approximate surface area is 116 Å². The first-order valence-corrected chi connectivity index (χ1v) is 9.45. The highest BCUT2D eigenvalue weighted by Gasteiger charge is 2.34. The van der Waals surface area contributed by atoms with E-state index in [-0.39, 0.29) is 4.75 Å². The van der Waals surface area contributed by atoms with Gasteiger partial charge in [-0.25, -0.2) is 13.1 Å². The molecule has 0 saturated heterocycles. The number of rotatable bonds is 5. The molecule has 1 aromatic heterocycles. The van der Waals surface area contributed by atoms with Crippen LogP contribution in [-0.2, 0) is 10.0 Å². The molecule has 0 unspecified atom stereocenters. The molecule has 1 aromatic rings. The van der Waals surface area contributed by atoms with Gasteiger partial charge in [-0.2, -0.15) is 11.8 Å². The average molecular weight is 306 g/mol. The maximum Gasteiger partial charge on any atom is 0.250 e. The molecule has 102 valence electrons. The third-order valence-electron chi connectivity index (χ3n) is 3.39. The van der Waals surface area contributed by atoms with Crippen molar-refractivity contribution in [3.05, 3.63) is 11.4 Å². The predicted octanol–water partition coefficient (Wildman–Crippen LogP) is 2.28. The predicted molar refractivity (Wildman–Crippen MR) is 78.6 cm³/mol. The third kappa shape index (κ3) is 3.01. The zero-order valence-electron chi connectivity index (χ0n) is 10.3. The van der Waals surface area contributed by atoms with Crippen LogP contribution in [0.5, 0.6) is 0 Å². The number of hydrogen-bond donors (Lipinski definition) is 2. The summed E-state index contributed by atoms with van der Waals surface area (Å²) in [4.78, 5) is 0. The Hall–Kier alpha value is -0.240. The van der Waals surface area contributed by atoms with E-state index in [1.54, 1.807) is 17.1 Å². The second-order valence-electron chi connectivity index (χ2n) is 4.62. The molecular formula is C11H18N2O2S3. The number of sulfonamides is 1. The first-order valence-electron chi connectivity index (χ1n) is 5.86. The molecule has 2 rings (SSSR count).